The first-order chi connectivity index (χ1) is 12.2. The van der Waals surface area contributed by atoms with Crippen LogP contribution in [-0.4, -0.2) is 22.6 Å². The highest BCUT2D eigenvalue weighted by molar-refractivity contribution is 6.02. The van der Waals surface area contributed by atoms with Crippen LogP contribution in [0.1, 0.15) is 28.7 Å². The lowest BCUT2D eigenvalue weighted by atomic mass is 10.2. The number of benzene rings is 1. The van der Waals surface area contributed by atoms with Crippen LogP contribution in [0, 0.1) is 6.92 Å². The zero-order chi connectivity index (χ0) is 17.6. The molecule has 0 aliphatic carbocycles. The van der Waals surface area contributed by atoms with Crippen molar-refractivity contribution in [2.45, 2.75) is 20.4 Å². The molecule has 0 spiro atoms. The number of carbonyl (C=O) groups is 1. The average Bonchev–Trinajstić information content (AvgIpc) is 3.05. The van der Waals surface area contributed by atoms with Gasteiger partial charge in [0.2, 0.25) is 0 Å². The van der Waals surface area contributed by atoms with Gasteiger partial charge in [-0.15, -0.1) is 0 Å². The van der Waals surface area contributed by atoms with Gasteiger partial charge in [-0.05, 0) is 31.5 Å². The number of amides is 1. The van der Waals surface area contributed by atoms with Crippen molar-refractivity contribution >= 4 is 17.4 Å². The topological polar surface area (TPSA) is 71.3 Å². The van der Waals surface area contributed by atoms with Crippen molar-refractivity contribution in [2.75, 3.05) is 16.8 Å². The van der Waals surface area contributed by atoms with Crippen molar-refractivity contribution in [1.82, 2.24) is 10.1 Å². The maximum absolute atomic E-state index is 12.4. The largest absolute Gasteiger partial charge is 0.367 e. The van der Waals surface area contributed by atoms with Crippen LogP contribution in [0.2, 0.25) is 0 Å². The van der Waals surface area contributed by atoms with E-state index in [2.05, 4.69) is 39.4 Å². The Morgan fingerprint density at radius 2 is 2.00 bits per heavy atom. The number of carbonyl (C=O) groups excluding carboxylic acids is 1. The predicted molar refractivity (Wildman–Crippen MR) is 96.6 cm³/mol. The first kappa shape index (κ1) is 16.7. The van der Waals surface area contributed by atoms with Crippen molar-refractivity contribution in [1.29, 1.82) is 0 Å². The molecule has 0 aliphatic heterocycles. The molecule has 128 valence electrons. The van der Waals surface area contributed by atoms with Gasteiger partial charge in [0.15, 0.2) is 5.82 Å². The number of anilines is 2. The second-order valence-electron chi connectivity index (χ2n) is 5.68. The van der Waals surface area contributed by atoms with Gasteiger partial charge in [-0.3, -0.25) is 9.78 Å². The van der Waals surface area contributed by atoms with E-state index in [1.165, 1.54) is 5.56 Å². The fourth-order valence-corrected chi connectivity index (χ4v) is 2.54. The Bertz CT molecular complexity index is 845. The van der Waals surface area contributed by atoms with Crippen LogP contribution in [0.15, 0.2) is 59.3 Å². The summed E-state index contributed by atoms with van der Waals surface area (Å²) in [7, 11) is 0. The third-order valence-electron chi connectivity index (χ3n) is 3.81. The monoisotopic (exact) mass is 336 g/mol. The summed E-state index contributed by atoms with van der Waals surface area (Å²) in [5.74, 6) is 0.703. The van der Waals surface area contributed by atoms with Gasteiger partial charge < -0.3 is 14.7 Å². The van der Waals surface area contributed by atoms with Gasteiger partial charge in [0.25, 0.3) is 5.91 Å². The van der Waals surface area contributed by atoms with Crippen LogP contribution in [0.3, 0.4) is 0 Å². The summed E-state index contributed by atoms with van der Waals surface area (Å²) < 4.78 is 4.95. The molecule has 3 rings (SSSR count). The molecule has 0 fully saturated rings. The Hall–Kier alpha value is -3.15. The van der Waals surface area contributed by atoms with E-state index in [4.69, 9.17) is 4.52 Å². The fourth-order valence-electron chi connectivity index (χ4n) is 2.54. The SMILES string of the molecule is CCN(Cc1ccccc1)c1ccnc(C(=O)Nc2cc(C)on2)c1. The summed E-state index contributed by atoms with van der Waals surface area (Å²) in [6.45, 7) is 5.44. The van der Waals surface area contributed by atoms with E-state index in [-0.39, 0.29) is 5.91 Å². The second kappa shape index (κ2) is 7.61. The standard InChI is InChI=1S/C19H20N4O2/c1-3-23(13-15-7-5-4-6-8-15)16-9-10-20-17(12-16)19(24)21-18-11-14(2)25-22-18/h4-12H,3,13H2,1-2H3,(H,21,22,24). The summed E-state index contributed by atoms with van der Waals surface area (Å²) in [6, 6.07) is 15.6. The third-order valence-corrected chi connectivity index (χ3v) is 3.81. The summed E-state index contributed by atoms with van der Waals surface area (Å²) >= 11 is 0. The molecule has 6 heteroatoms. The van der Waals surface area contributed by atoms with Gasteiger partial charge in [-0.25, -0.2) is 0 Å². The molecular weight excluding hydrogens is 316 g/mol. The molecular formula is C19H20N4O2. The lowest BCUT2D eigenvalue weighted by molar-refractivity contribution is 0.102. The van der Waals surface area contributed by atoms with E-state index in [1.54, 1.807) is 25.3 Å². The molecule has 1 amide bonds. The van der Waals surface area contributed by atoms with Crippen LogP contribution in [0.5, 0.6) is 0 Å². The fraction of sp³-hybridized carbons (Fsp3) is 0.211. The number of aromatic nitrogens is 2. The molecule has 2 aromatic heterocycles. The van der Waals surface area contributed by atoms with Crippen LogP contribution >= 0.6 is 0 Å². The highest BCUT2D eigenvalue weighted by Gasteiger charge is 2.13. The van der Waals surface area contributed by atoms with Crippen LogP contribution in [0.25, 0.3) is 0 Å². The molecule has 2 heterocycles. The van der Waals surface area contributed by atoms with Crippen molar-refractivity contribution < 1.29 is 9.32 Å². The number of aryl methyl sites for hydroxylation is 1. The van der Waals surface area contributed by atoms with E-state index in [9.17, 15) is 4.79 Å². The molecule has 0 bridgehead atoms. The molecule has 0 saturated carbocycles. The van der Waals surface area contributed by atoms with Crippen LogP contribution < -0.4 is 10.2 Å². The Morgan fingerprint density at radius 3 is 2.68 bits per heavy atom. The molecule has 6 nitrogen and oxygen atoms in total. The van der Waals surface area contributed by atoms with Crippen molar-refractivity contribution in [2.24, 2.45) is 0 Å². The van der Waals surface area contributed by atoms with E-state index in [0.29, 0.717) is 17.3 Å². The minimum absolute atomic E-state index is 0.314. The first-order valence-electron chi connectivity index (χ1n) is 8.15. The number of nitrogens with one attached hydrogen (secondary N) is 1. The third kappa shape index (κ3) is 4.23. The average molecular weight is 336 g/mol. The number of pyridine rings is 1. The van der Waals surface area contributed by atoms with E-state index in [0.717, 1.165) is 18.8 Å². The van der Waals surface area contributed by atoms with Gasteiger partial charge in [0, 0.05) is 31.0 Å². The number of hydrogen-bond acceptors (Lipinski definition) is 5. The lowest BCUT2D eigenvalue weighted by Crippen LogP contribution is -2.23. The van der Waals surface area contributed by atoms with Gasteiger partial charge >= 0.3 is 0 Å². The van der Waals surface area contributed by atoms with Gasteiger partial charge in [-0.1, -0.05) is 35.5 Å². The molecule has 0 aliphatic rings. The highest BCUT2D eigenvalue weighted by Crippen LogP contribution is 2.18. The van der Waals surface area contributed by atoms with E-state index < -0.39 is 0 Å². The Morgan fingerprint density at radius 1 is 1.20 bits per heavy atom. The number of rotatable bonds is 6. The van der Waals surface area contributed by atoms with Crippen LogP contribution in [0.4, 0.5) is 11.5 Å². The molecule has 1 aromatic carbocycles. The number of hydrogen-bond donors (Lipinski definition) is 1. The summed E-state index contributed by atoms with van der Waals surface area (Å²) in [5.41, 5.74) is 2.50. The zero-order valence-corrected chi connectivity index (χ0v) is 14.3. The first-order valence-corrected chi connectivity index (χ1v) is 8.15. The second-order valence-corrected chi connectivity index (χ2v) is 5.68. The van der Waals surface area contributed by atoms with Gasteiger partial charge in [0.1, 0.15) is 11.5 Å². The maximum Gasteiger partial charge on any atom is 0.275 e. The maximum atomic E-state index is 12.4. The Kier molecular flexibility index (Phi) is 5.09. The minimum Gasteiger partial charge on any atom is -0.367 e. The summed E-state index contributed by atoms with van der Waals surface area (Å²) in [4.78, 5) is 18.7. The Labute approximate surface area is 146 Å². The molecule has 0 unspecified atom stereocenters. The summed E-state index contributed by atoms with van der Waals surface area (Å²) in [6.07, 6.45) is 1.64. The Balaban J connectivity index is 1.76. The smallest absolute Gasteiger partial charge is 0.275 e. The molecule has 0 saturated heterocycles. The molecule has 25 heavy (non-hydrogen) atoms. The predicted octanol–water partition coefficient (Wildman–Crippen LogP) is 3.66. The van der Waals surface area contributed by atoms with Crippen molar-refractivity contribution in [3.63, 3.8) is 0 Å². The quantitative estimate of drug-likeness (QED) is 0.744. The van der Waals surface area contributed by atoms with Crippen LogP contribution in [-0.2, 0) is 6.54 Å². The number of nitrogens with zero attached hydrogens (tertiary/aromatic N) is 3. The van der Waals surface area contributed by atoms with Gasteiger partial charge in [-0.2, -0.15) is 0 Å². The normalized spacial score (nSPS) is 10.5. The highest BCUT2D eigenvalue weighted by atomic mass is 16.5. The lowest BCUT2D eigenvalue weighted by Gasteiger charge is -2.23. The molecule has 0 radical (unpaired) electrons. The molecule has 0 atom stereocenters. The van der Waals surface area contributed by atoms with E-state index in [1.807, 2.05) is 24.3 Å². The van der Waals surface area contributed by atoms with E-state index >= 15 is 0 Å². The van der Waals surface area contributed by atoms with Crippen molar-refractivity contribution in [3.05, 3.63) is 71.7 Å². The summed E-state index contributed by atoms with van der Waals surface area (Å²) in [5, 5.41) is 6.45. The van der Waals surface area contributed by atoms with Crippen molar-refractivity contribution in [3.8, 4) is 0 Å². The molecule has 3 aromatic rings. The zero-order valence-electron chi connectivity index (χ0n) is 14.3. The minimum atomic E-state index is -0.314. The van der Waals surface area contributed by atoms with Gasteiger partial charge in [0.05, 0.1) is 0 Å². The molecule has 1 N–H and O–H groups in total.